The number of terminal acetylenes is 1. The quantitative estimate of drug-likeness (QED) is 0.345. The third kappa shape index (κ3) is 6.50. The number of nitrogens with one attached hydrogen (secondary N) is 1. The lowest BCUT2D eigenvalue weighted by Crippen LogP contribution is -2.32. The largest absolute Gasteiger partial charge is 0.426 e. The van der Waals surface area contributed by atoms with Crippen molar-refractivity contribution in [3.8, 4) is 18.1 Å². The molecule has 0 bridgehead atoms. The highest BCUT2D eigenvalue weighted by Crippen LogP contribution is 2.47. The predicted molar refractivity (Wildman–Crippen MR) is 109 cm³/mol. The second-order valence-corrected chi connectivity index (χ2v) is 7.17. The Balaban J connectivity index is 0.000000215. The van der Waals surface area contributed by atoms with Crippen molar-refractivity contribution >= 4 is 8.60 Å². The van der Waals surface area contributed by atoms with Gasteiger partial charge in [0, 0.05) is 31.8 Å². The van der Waals surface area contributed by atoms with Gasteiger partial charge in [0.05, 0.1) is 6.61 Å². The number of para-hydroxylation sites is 1. The highest BCUT2D eigenvalue weighted by Gasteiger charge is 2.23. The van der Waals surface area contributed by atoms with E-state index in [2.05, 4.69) is 15.6 Å². The first-order valence-corrected chi connectivity index (χ1v) is 9.93. The first-order valence-electron chi connectivity index (χ1n) is 8.84. The first-order chi connectivity index (χ1) is 14.4. The number of methoxy groups -OCH3 is 1. The molecule has 10 nitrogen and oxygen atoms in total. The summed E-state index contributed by atoms with van der Waals surface area (Å²) < 4.78 is 21.4. The molecular formula is C19H23N2O8P. The summed E-state index contributed by atoms with van der Waals surface area (Å²) in [5, 5.41) is 17.7. The van der Waals surface area contributed by atoms with E-state index in [9.17, 15) is 9.59 Å². The maximum absolute atomic E-state index is 11.3. The molecule has 0 aliphatic carbocycles. The van der Waals surface area contributed by atoms with Gasteiger partial charge < -0.3 is 19.5 Å². The number of hydrogen-bond acceptors (Lipinski definition) is 8. The molecular weight excluding hydrogens is 415 g/mol. The fraction of sp³-hybridized carbons (Fsp3) is 0.368. The Labute approximate surface area is 174 Å². The van der Waals surface area contributed by atoms with Gasteiger partial charge in [-0.2, -0.15) is 0 Å². The summed E-state index contributed by atoms with van der Waals surface area (Å²) in [6, 6.07) is 5.88. The van der Waals surface area contributed by atoms with Gasteiger partial charge in [0.25, 0.3) is 5.56 Å². The van der Waals surface area contributed by atoms with E-state index in [0.717, 1.165) is 16.9 Å². The Hall–Kier alpha value is -2.51. The molecule has 0 radical (unpaired) electrons. The van der Waals surface area contributed by atoms with Crippen LogP contribution in [0.25, 0.3) is 0 Å². The average Bonchev–Trinajstić information content (AvgIpc) is 2.74. The maximum atomic E-state index is 11.3. The average molecular weight is 438 g/mol. The van der Waals surface area contributed by atoms with Gasteiger partial charge in [-0.3, -0.25) is 23.4 Å². The molecule has 1 aliphatic rings. The number of aromatic nitrogens is 2. The molecule has 0 saturated heterocycles. The Morgan fingerprint density at radius 1 is 1.43 bits per heavy atom. The van der Waals surface area contributed by atoms with Gasteiger partial charge in [-0.1, -0.05) is 24.1 Å². The summed E-state index contributed by atoms with van der Waals surface area (Å²) in [4.78, 5) is 24.5. The molecule has 1 aliphatic heterocycles. The third-order valence-electron chi connectivity index (χ3n) is 4.00. The number of nitrogens with zero attached hydrogens (tertiary/aromatic N) is 1. The molecule has 0 amide bonds. The van der Waals surface area contributed by atoms with E-state index in [-0.39, 0.29) is 25.3 Å². The van der Waals surface area contributed by atoms with Gasteiger partial charge in [0.1, 0.15) is 11.3 Å². The zero-order valence-corrected chi connectivity index (χ0v) is 17.4. The van der Waals surface area contributed by atoms with Crippen molar-refractivity contribution in [2.75, 3.05) is 13.9 Å². The topological polar surface area (TPSA) is 132 Å². The minimum atomic E-state index is -1.42. The first kappa shape index (κ1) is 23.8. The van der Waals surface area contributed by atoms with Crippen molar-refractivity contribution in [1.29, 1.82) is 0 Å². The molecule has 0 saturated carbocycles. The lowest BCUT2D eigenvalue weighted by Gasteiger charge is -2.24. The molecule has 162 valence electrons. The van der Waals surface area contributed by atoms with Crippen LogP contribution in [0.4, 0.5) is 0 Å². The van der Waals surface area contributed by atoms with Crippen LogP contribution in [0.5, 0.6) is 5.75 Å². The number of rotatable bonds is 6. The highest BCUT2D eigenvalue weighted by molar-refractivity contribution is 7.42. The minimum absolute atomic E-state index is 0.0755. The van der Waals surface area contributed by atoms with Crippen LogP contribution in [0, 0.1) is 19.3 Å². The van der Waals surface area contributed by atoms with Crippen LogP contribution in [-0.2, 0) is 26.9 Å². The number of fused-ring (bicyclic) bond motifs is 1. The van der Waals surface area contributed by atoms with Gasteiger partial charge >= 0.3 is 14.3 Å². The zero-order valence-electron chi connectivity index (χ0n) is 16.5. The molecule has 3 N–H and O–H groups in total. The zero-order chi connectivity index (χ0) is 22.1. The standard InChI is InChI=1S/C10H12N2O4.C9H11O4P/c1-3-7-6-12(5-4-8(13)16-2)10(15)11-9(7)14;1-7-3-2-4-8-5-11-14(12-6-10)13-9(7)8/h1,6,8,13H,4-5H2,2H3,(H,11,14,15);2-4,10H,5-6H2,1H3/t8-;/m0./s1. The van der Waals surface area contributed by atoms with Crippen molar-refractivity contribution in [3.63, 3.8) is 0 Å². The van der Waals surface area contributed by atoms with Crippen LogP contribution < -0.4 is 15.8 Å². The minimum Gasteiger partial charge on any atom is -0.426 e. The summed E-state index contributed by atoms with van der Waals surface area (Å²) in [5.41, 5.74) is 1.000. The van der Waals surface area contributed by atoms with Crippen LogP contribution in [0.2, 0.25) is 0 Å². The Bertz CT molecular complexity index is 997. The Kier molecular flexibility index (Phi) is 9.20. The molecule has 2 atom stereocenters. The van der Waals surface area contributed by atoms with Crippen molar-refractivity contribution in [1.82, 2.24) is 9.55 Å². The van der Waals surface area contributed by atoms with Gasteiger partial charge in [0.15, 0.2) is 13.1 Å². The van der Waals surface area contributed by atoms with Gasteiger partial charge in [-0.05, 0) is 12.5 Å². The highest BCUT2D eigenvalue weighted by atomic mass is 31.2. The number of hydrogen-bond donors (Lipinski definition) is 3. The SMILES string of the molecule is C#Cc1cn(CC[C@@H](O)OC)c(=O)[nH]c1=O.Cc1cccc2c1OP(OCO)OC2. The van der Waals surface area contributed by atoms with E-state index in [1.54, 1.807) is 0 Å². The summed E-state index contributed by atoms with van der Waals surface area (Å²) in [6.07, 6.45) is 5.65. The van der Waals surface area contributed by atoms with Crippen LogP contribution in [0.1, 0.15) is 23.1 Å². The van der Waals surface area contributed by atoms with E-state index in [0.29, 0.717) is 6.61 Å². The number of ether oxygens (including phenoxy) is 1. The smallest absolute Gasteiger partial charge is 0.399 e. The van der Waals surface area contributed by atoms with E-state index in [1.165, 1.54) is 17.9 Å². The molecule has 0 spiro atoms. The predicted octanol–water partition coefficient (Wildman–Crippen LogP) is 0.970. The number of benzene rings is 1. The van der Waals surface area contributed by atoms with E-state index >= 15 is 0 Å². The lowest BCUT2D eigenvalue weighted by atomic mass is 10.1. The molecule has 1 unspecified atom stereocenters. The number of aliphatic hydroxyl groups is 2. The fourth-order valence-electron chi connectivity index (χ4n) is 2.44. The second kappa shape index (κ2) is 11.6. The summed E-state index contributed by atoms with van der Waals surface area (Å²) in [7, 11) is -0.0703. The number of H-pyrrole nitrogens is 1. The number of aromatic amines is 1. The molecule has 2 heterocycles. The summed E-state index contributed by atoms with van der Waals surface area (Å²) in [6.45, 7) is 2.27. The van der Waals surface area contributed by atoms with Crippen LogP contribution >= 0.6 is 8.60 Å². The van der Waals surface area contributed by atoms with Gasteiger partial charge in [-0.25, -0.2) is 4.79 Å². The lowest BCUT2D eigenvalue weighted by molar-refractivity contribution is -0.0804. The molecule has 3 rings (SSSR count). The van der Waals surface area contributed by atoms with E-state index in [1.807, 2.05) is 25.1 Å². The number of aryl methyl sites for hydroxylation is 2. The van der Waals surface area contributed by atoms with Gasteiger partial charge in [0.2, 0.25) is 0 Å². The van der Waals surface area contributed by atoms with Crippen molar-refractivity contribution in [2.24, 2.45) is 0 Å². The van der Waals surface area contributed by atoms with Crippen LogP contribution in [0.15, 0.2) is 34.0 Å². The Morgan fingerprint density at radius 3 is 2.87 bits per heavy atom. The van der Waals surface area contributed by atoms with Crippen LogP contribution in [-0.4, -0.2) is 40.0 Å². The molecule has 0 fully saturated rings. The summed E-state index contributed by atoms with van der Waals surface area (Å²) in [5.74, 6) is 2.99. The molecule has 1 aromatic heterocycles. The third-order valence-corrected chi connectivity index (χ3v) is 5.00. The normalized spacial score (nSPS) is 15.8. The maximum Gasteiger partial charge on any atom is 0.399 e. The molecule has 2 aromatic rings. The van der Waals surface area contributed by atoms with Crippen molar-refractivity contribution in [2.45, 2.75) is 32.8 Å². The van der Waals surface area contributed by atoms with E-state index in [4.69, 9.17) is 30.2 Å². The molecule has 1 aromatic carbocycles. The number of aliphatic hydroxyl groups excluding tert-OH is 2. The van der Waals surface area contributed by atoms with Crippen LogP contribution in [0.3, 0.4) is 0 Å². The fourth-order valence-corrected chi connectivity index (χ4v) is 3.37. The molecule has 11 heteroatoms. The van der Waals surface area contributed by atoms with E-state index < -0.39 is 26.1 Å². The van der Waals surface area contributed by atoms with Crippen molar-refractivity contribution in [3.05, 3.63) is 61.9 Å². The summed E-state index contributed by atoms with van der Waals surface area (Å²) >= 11 is 0. The second-order valence-electron chi connectivity index (χ2n) is 6.03. The Morgan fingerprint density at radius 2 is 2.20 bits per heavy atom. The van der Waals surface area contributed by atoms with Gasteiger partial charge in [-0.15, -0.1) is 6.42 Å². The van der Waals surface area contributed by atoms with Crippen molar-refractivity contribution < 1.29 is 28.5 Å². The monoisotopic (exact) mass is 438 g/mol. The molecule has 30 heavy (non-hydrogen) atoms.